The first-order valence-corrected chi connectivity index (χ1v) is 7.26. The Kier molecular flexibility index (Phi) is 3.23. The first kappa shape index (κ1) is 13.1. The molecule has 0 saturated heterocycles. The Labute approximate surface area is 120 Å². The number of thiophene rings is 1. The number of rotatable bonds is 3. The summed E-state index contributed by atoms with van der Waals surface area (Å²) in [6.07, 6.45) is 0.957. The van der Waals surface area contributed by atoms with Gasteiger partial charge in [-0.05, 0) is 23.9 Å². The first-order chi connectivity index (χ1) is 9.57. The van der Waals surface area contributed by atoms with Crippen LogP contribution < -0.4 is 16.6 Å². The van der Waals surface area contributed by atoms with E-state index in [0.29, 0.717) is 19.0 Å². The molecule has 20 heavy (non-hydrogen) atoms. The monoisotopic (exact) mass is 292 g/mol. The molecule has 1 aliphatic heterocycles. The van der Waals surface area contributed by atoms with E-state index in [0.717, 1.165) is 6.42 Å². The smallest absolute Gasteiger partial charge is 0.254 e. The molecule has 1 aliphatic rings. The summed E-state index contributed by atoms with van der Waals surface area (Å²) in [5.41, 5.74) is 6.05. The number of fused-ring (bicyclic) bond motifs is 1. The molecular weight excluding hydrogens is 276 g/mol. The number of ether oxygens (including phenoxy) is 1. The van der Waals surface area contributed by atoms with Crippen LogP contribution in [0.1, 0.15) is 17.4 Å². The van der Waals surface area contributed by atoms with Crippen LogP contribution in [0.5, 0.6) is 0 Å². The molecule has 1 atom stereocenters. The van der Waals surface area contributed by atoms with Gasteiger partial charge in [0.1, 0.15) is 11.4 Å². The molecule has 2 aromatic rings. The highest BCUT2D eigenvalue weighted by atomic mass is 32.1. The summed E-state index contributed by atoms with van der Waals surface area (Å²) in [5.74, 6) is 0.560. The molecule has 0 radical (unpaired) electrons. The van der Waals surface area contributed by atoms with Crippen LogP contribution in [0.15, 0.2) is 22.3 Å². The molecular formula is C13H16N4O2S. The predicted octanol–water partition coefficient (Wildman–Crippen LogP) is 1.31. The second-order valence-electron chi connectivity index (χ2n) is 4.96. The zero-order valence-corrected chi connectivity index (χ0v) is 11.9. The van der Waals surface area contributed by atoms with Gasteiger partial charge in [-0.2, -0.15) is 4.98 Å². The lowest BCUT2D eigenvalue weighted by Crippen LogP contribution is -2.38. The standard InChI is InChI=1S/C13H16N4O2S/c1-13(8-3-5-20-9(8)2-4-19-13)7-15-10-6-11(18)17-12(14)16-10/h3,5-6H,2,4,7H2,1H3,(H4,14,15,16,17,18). The highest BCUT2D eigenvalue weighted by Crippen LogP contribution is 2.35. The zero-order chi connectivity index (χ0) is 14.2. The fraction of sp³-hybridized carbons (Fsp3) is 0.385. The molecule has 0 fully saturated rings. The minimum atomic E-state index is -0.410. The molecule has 3 rings (SSSR count). The summed E-state index contributed by atoms with van der Waals surface area (Å²) < 4.78 is 5.93. The summed E-state index contributed by atoms with van der Waals surface area (Å²) in [6.45, 7) is 3.28. The van der Waals surface area contributed by atoms with Crippen molar-refractivity contribution in [3.05, 3.63) is 38.3 Å². The third-order valence-electron chi connectivity index (χ3n) is 3.43. The topological polar surface area (TPSA) is 93.0 Å². The summed E-state index contributed by atoms with van der Waals surface area (Å²) >= 11 is 1.76. The van der Waals surface area contributed by atoms with E-state index >= 15 is 0 Å². The Bertz CT molecular complexity index is 681. The molecule has 0 saturated carbocycles. The van der Waals surface area contributed by atoms with Gasteiger partial charge in [-0.15, -0.1) is 11.3 Å². The fourth-order valence-corrected chi connectivity index (χ4v) is 3.41. The summed E-state index contributed by atoms with van der Waals surface area (Å²) in [4.78, 5) is 19.2. The molecule has 1 unspecified atom stereocenters. The van der Waals surface area contributed by atoms with Gasteiger partial charge >= 0.3 is 0 Å². The quantitative estimate of drug-likeness (QED) is 0.793. The molecule has 6 nitrogen and oxygen atoms in total. The Morgan fingerprint density at radius 3 is 3.30 bits per heavy atom. The number of nitrogens with one attached hydrogen (secondary N) is 2. The number of hydrogen-bond acceptors (Lipinski definition) is 6. The van der Waals surface area contributed by atoms with E-state index in [4.69, 9.17) is 10.5 Å². The molecule has 7 heteroatoms. The molecule has 2 aromatic heterocycles. The van der Waals surface area contributed by atoms with Crippen molar-refractivity contribution >= 4 is 23.1 Å². The van der Waals surface area contributed by atoms with E-state index in [1.807, 2.05) is 6.92 Å². The lowest BCUT2D eigenvalue weighted by molar-refractivity contribution is -0.0348. The molecule has 106 valence electrons. The van der Waals surface area contributed by atoms with Crippen molar-refractivity contribution in [1.29, 1.82) is 0 Å². The van der Waals surface area contributed by atoms with Crippen molar-refractivity contribution in [2.24, 2.45) is 0 Å². The van der Waals surface area contributed by atoms with Crippen LogP contribution in [0, 0.1) is 0 Å². The van der Waals surface area contributed by atoms with Gasteiger partial charge in [-0.1, -0.05) is 0 Å². The lowest BCUT2D eigenvalue weighted by atomic mass is 9.93. The number of nitrogens with two attached hydrogens (primary N) is 1. The van der Waals surface area contributed by atoms with Crippen molar-refractivity contribution < 1.29 is 4.74 Å². The van der Waals surface area contributed by atoms with Crippen molar-refractivity contribution in [2.45, 2.75) is 18.9 Å². The number of anilines is 2. The maximum absolute atomic E-state index is 11.4. The summed E-state index contributed by atoms with van der Waals surface area (Å²) in [7, 11) is 0. The second-order valence-corrected chi connectivity index (χ2v) is 5.96. The van der Waals surface area contributed by atoms with Gasteiger partial charge in [0.05, 0.1) is 6.61 Å². The average molecular weight is 292 g/mol. The van der Waals surface area contributed by atoms with E-state index in [1.165, 1.54) is 16.5 Å². The number of nitrogens with zero attached hydrogens (tertiary/aromatic N) is 1. The molecule has 0 spiro atoms. The third kappa shape index (κ3) is 2.41. The maximum atomic E-state index is 11.4. The normalized spacial score (nSPS) is 21.4. The van der Waals surface area contributed by atoms with Crippen molar-refractivity contribution in [3.63, 3.8) is 0 Å². The Morgan fingerprint density at radius 2 is 2.50 bits per heavy atom. The van der Waals surface area contributed by atoms with Crippen LogP contribution in [0.25, 0.3) is 0 Å². The van der Waals surface area contributed by atoms with Gasteiger partial charge in [0.2, 0.25) is 5.95 Å². The average Bonchev–Trinajstić information content (AvgIpc) is 2.86. The Hall–Kier alpha value is -1.86. The molecule has 0 aliphatic carbocycles. The van der Waals surface area contributed by atoms with Gasteiger partial charge in [0.25, 0.3) is 5.56 Å². The maximum Gasteiger partial charge on any atom is 0.254 e. The number of aromatic nitrogens is 2. The van der Waals surface area contributed by atoms with Gasteiger partial charge in [0, 0.05) is 23.9 Å². The SMILES string of the molecule is CC1(CNc2cc(=O)[nH]c(N)n2)OCCc2sccc21. The molecule has 0 amide bonds. The Morgan fingerprint density at radius 1 is 1.65 bits per heavy atom. The Balaban J connectivity index is 1.80. The predicted molar refractivity (Wildman–Crippen MR) is 79.1 cm³/mol. The van der Waals surface area contributed by atoms with Gasteiger partial charge in [0.15, 0.2) is 0 Å². The highest BCUT2D eigenvalue weighted by Gasteiger charge is 2.33. The minimum Gasteiger partial charge on any atom is -0.369 e. The second kappa shape index (κ2) is 4.92. The van der Waals surface area contributed by atoms with Crippen molar-refractivity contribution in [3.8, 4) is 0 Å². The largest absolute Gasteiger partial charge is 0.369 e. The van der Waals surface area contributed by atoms with Crippen molar-refractivity contribution in [2.75, 3.05) is 24.2 Å². The summed E-state index contributed by atoms with van der Waals surface area (Å²) in [6, 6.07) is 3.48. The van der Waals surface area contributed by atoms with Gasteiger partial charge in [-0.3, -0.25) is 9.78 Å². The van der Waals surface area contributed by atoms with Crippen LogP contribution in [0.2, 0.25) is 0 Å². The minimum absolute atomic E-state index is 0.103. The molecule has 0 aromatic carbocycles. The van der Waals surface area contributed by atoms with Crippen LogP contribution in [0.3, 0.4) is 0 Å². The van der Waals surface area contributed by atoms with Gasteiger partial charge < -0.3 is 15.8 Å². The van der Waals surface area contributed by atoms with E-state index in [2.05, 4.69) is 26.7 Å². The van der Waals surface area contributed by atoms with E-state index in [1.54, 1.807) is 11.3 Å². The molecule has 0 bridgehead atoms. The number of hydrogen-bond donors (Lipinski definition) is 3. The third-order valence-corrected chi connectivity index (χ3v) is 4.41. The van der Waals surface area contributed by atoms with Gasteiger partial charge in [-0.25, -0.2) is 0 Å². The number of H-pyrrole nitrogens is 1. The van der Waals surface area contributed by atoms with Crippen LogP contribution in [-0.4, -0.2) is 23.1 Å². The van der Waals surface area contributed by atoms with Crippen LogP contribution in [0.4, 0.5) is 11.8 Å². The zero-order valence-electron chi connectivity index (χ0n) is 11.1. The number of nitrogen functional groups attached to an aromatic ring is 1. The van der Waals surface area contributed by atoms with E-state index in [-0.39, 0.29) is 11.5 Å². The molecule has 3 heterocycles. The van der Waals surface area contributed by atoms with Crippen molar-refractivity contribution in [1.82, 2.24) is 9.97 Å². The molecule has 4 N–H and O–H groups in total. The first-order valence-electron chi connectivity index (χ1n) is 6.38. The van der Waals surface area contributed by atoms with Crippen LogP contribution in [-0.2, 0) is 16.8 Å². The summed E-state index contributed by atoms with van der Waals surface area (Å²) in [5, 5.41) is 5.22. The number of aromatic amines is 1. The lowest BCUT2D eigenvalue weighted by Gasteiger charge is -2.34. The van der Waals surface area contributed by atoms with E-state index < -0.39 is 5.60 Å². The van der Waals surface area contributed by atoms with E-state index in [9.17, 15) is 4.79 Å². The fourth-order valence-electron chi connectivity index (χ4n) is 2.42. The van der Waals surface area contributed by atoms with Crippen LogP contribution >= 0.6 is 11.3 Å². The highest BCUT2D eigenvalue weighted by molar-refractivity contribution is 7.10.